The van der Waals surface area contributed by atoms with E-state index < -0.39 is 42.7 Å². The van der Waals surface area contributed by atoms with Gasteiger partial charge >= 0.3 is 18.3 Å². The van der Waals surface area contributed by atoms with Crippen LogP contribution >= 0.6 is 0 Å². The summed E-state index contributed by atoms with van der Waals surface area (Å²) in [6.45, 7) is 6.03. The van der Waals surface area contributed by atoms with Gasteiger partial charge in [-0.15, -0.1) is 0 Å². The molecule has 0 bridgehead atoms. The van der Waals surface area contributed by atoms with Gasteiger partial charge in [-0.25, -0.2) is 0 Å². The average Bonchev–Trinajstić information content (AvgIpc) is 2.31. The van der Waals surface area contributed by atoms with Crippen LogP contribution in [-0.2, 0) is 14.3 Å². The number of hydrogen-bond donors (Lipinski definition) is 0. The van der Waals surface area contributed by atoms with Gasteiger partial charge in [0.2, 0.25) is 0 Å². The Balaban J connectivity index is 0. The van der Waals surface area contributed by atoms with Gasteiger partial charge < -0.3 is 9.53 Å². The summed E-state index contributed by atoms with van der Waals surface area (Å²) in [7, 11) is 0. The molecule has 0 heterocycles. The Morgan fingerprint density at radius 3 is 1.74 bits per heavy atom. The van der Waals surface area contributed by atoms with Crippen molar-refractivity contribution < 1.29 is 40.7 Å². The molecule has 0 aromatic carbocycles. The maximum atomic E-state index is 11.9. The van der Waals surface area contributed by atoms with Crippen LogP contribution in [0.15, 0.2) is 0 Å². The molecule has 138 valence electrons. The fourth-order valence-electron chi connectivity index (χ4n) is 1.16. The maximum absolute atomic E-state index is 11.9. The van der Waals surface area contributed by atoms with Gasteiger partial charge in [0.15, 0.2) is 0 Å². The zero-order chi connectivity index (χ0) is 18.9. The third kappa shape index (κ3) is 20.7. The van der Waals surface area contributed by atoms with Crippen molar-refractivity contribution in [3.05, 3.63) is 0 Å². The lowest BCUT2D eigenvalue weighted by Crippen LogP contribution is -2.26. The van der Waals surface area contributed by atoms with Crippen molar-refractivity contribution in [1.29, 1.82) is 0 Å². The zero-order valence-electron chi connectivity index (χ0n) is 13.5. The Kier molecular flexibility index (Phi) is 10.2. The molecule has 0 aliphatic rings. The van der Waals surface area contributed by atoms with Gasteiger partial charge in [0.05, 0.1) is 6.42 Å². The number of carbonyl (C=O) groups excluding carboxylic acids is 2. The molecule has 0 rings (SSSR count). The topological polar surface area (TPSA) is 43.4 Å². The van der Waals surface area contributed by atoms with Crippen molar-refractivity contribution in [2.45, 2.75) is 71.3 Å². The van der Waals surface area contributed by atoms with Crippen LogP contribution in [0.25, 0.3) is 0 Å². The molecular weight excluding hydrogens is 330 g/mol. The van der Waals surface area contributed by atoms with Crippen LogP contribution in [0.3, 0.4) is 0 Å². The summed E-state index contributed by atoms with van der Waals surface area (Å²) in [5.41, 5.74) is -0.700. The molecule has 0 saturated heterocycles. The smallest absolute Gasteiger partial charge is 0.389 e. The van der Waals surface area contributed by atoms with E-state index in [-0.39, 0.29) is 12.8 Å². The van der Waals surface area contributed by atoms with Crippen LogP contribution in [-0.4, -0.2) is 30.2 Å². The Labute approximate surface area is 131 Å². The molecule has 0 aliphatic carbocycles. The van der Waals surface area contributed by atoms with Crippen molar-refractivity contribution in [3.63, 3.8) is 0 Å². The largest absolute Gasteiger partial charge is 0.460 e. The maximum Gasteiger partial charge on any atom is 0.389 e. The Bertz CT molecular complexity index is 355. The fourth-order valence-corrected chi connectivity index (χ4v) is 1.16. The molecular formula is C14H22F6O3. The minimum absolute atomic E-state index is 0.309. The molecule has 0 N–H and O–H groups in total. The van der Waals surface area contributed by atoms with E-state index in [0.717, 1.165) is 6.92 Å². The number of esters is 1. The van der Waals surface area contributed by atoms with Crippen molar-refractivity contribution >= 4 is 12.3 Å². The first-order chi connectivity index (χ1) is 10.1. The van der Waals surface area contributed by atoms with Gasteiger partial charge in [-0.05, 0) is 27.2 Å². The first-order valence-electron chi connectivity index (χ1n) is 6.90. The highest BCUT2D eigenvalue weighted by molar-refractivity contribution is 5.74. The van der Waals surface area contributed by atoms with Crippen LogP contribution in [0, 0.1) is 5.92 Å². The molecule has 9 heteroatoms. The molecule has 0 radical (unpaired) electrons. The van der Waals surface area contributed by atoms with E-state index in [2.05, 4.69) is 0 Å². The number of ether oxygens (including phenoxy) is 1. The first kappa shape index (κ1) is 24.0. The first-order valence-corrected chi connectivity index (χ1v) is 6.90. The molecule has 0 saturated carbocycles. The normalized spacial score (nSPS) is 13.7. The lowest BCUT2D eigenvalue weighted by molar-refractivity contribution is -0.158. The van der Waals surface area contributed by atoms with Gasteiger partial charge in [-0.1, -0.05) is 6.92 Å². The van der Waals surface area contributed by atoms with Gasteiger partial charge in [0.1, 0.15) is 11.9 Å². The van der Waals surface area contributed by atoms with E-state index in [1.165, 1.54) is 0 Å². The van der Waals surface area contributed by atoms with Crippen LogP contribution in [0.4, 0.5) is 26.3 Å². The third-order valence-corrected chi connectivity index (χ3v) is 2.24. The molecule has 23 heavy (non-hydrogen) atoms. The Hall–Kier alpha value is -1.28. The van der Waals surface area contributed by atoms with E-state index in [1.807, 2.05) is 0 Å². The van der Waals surface area contributed by atoms with Crippen molar-refractivity contribution in [2.24, 2.45) is 5.92 Å². The van der Waals surface area contributed by atoms with Gasteiger partial charge in [-0.2, -0.15) is 26.3 Å². The lowest BCUT2D eigenvalue weighted by atomic mass is 10.0. The average molecular weight is 352 g/mol. The van der Waals surface area contributed by atoms with E-state index in [0.29, 0.717) is 6.29 Å². The number of aldehydes is 1. The number of halogens is 6. The standard InChI is InChI=1S/C11H17F3O3.C3H5F3/c1-10(2,3)17-9(16)6-8(7-15)4-5-11(12,13)14;1-2-3(4,5)6/h7-8H,4-6H2,1-3H3;2H2,1H3. The van der Waals surface area contributed by atoms with E-state index >= 15 is 0 Å². The lowest BCUT2D eigenvalue weighted by Gasteiger charge is -2.20. The Morgan fingerprint density at radius 2 is 1.48 bits per heavy atom. The van der Waals surface area contributed by atoms with Crippen LogP contribution in [0.1, 0.15) is 53.4 Å². The van der Waals surface area contributed by atoms with Crippen molar-refractivity contribution in [3.8, 4) is 0 Å². The predicted octanol–water partition coefficient (Wildman–Crippen LogP) is 4.83. The van der Waals surface area contributed by atoms with E-state index in [4.69, 9.17) is 4.74 Å². The van der Waals surface area contributed by atoms with Gasteiger partial charge in [0, 0.05) is 18.8 Å². The summed E-state index contributed by atoms with van der Waals surface area (Å²) in [5, 5.41) is 0. The second-order valence-corrected chi connectivity index (χ2v) is 5.81. The summed E-state index contributed by atoms with van der Waals surface area (Å²) in [6.07, 6.45) is -10.4. The highest BCUT2D eigenvalue weighted by atomic mass is 19.4. The van der Waals surface area contributed by atoms with Crippen molar-refractivity contribution in [2.75, 3.05) is 0 Å². The Morgan fingerprint density at radius 1 is 1.04 bits per heavy atom. The minimum atomic E-state index is -4.31. The molecule has 0 aliphatic heterocycles. The van der Waals surface area contributed by atoms with Crippen LogP contribution < -0.4 is 0 Å². The van der Waals surface area contributed by atoms with Gasteiger partial charge in [0.25, 0.3) is 0 Å². The minimum Gasteiger partial charge on any atom is -0.460 e. The summed E-state index contributed by atoms with van der Waals surface area (Å²) >= 11 is 0. The van der Waals surface area contributed by atoms with Gasteiger partial charge in [-0.3, -0.25) is 4.79 Å². The molecule has 0 fully saturated rings. The number of hydrogen-bond acceptors (Lipinski definition) is 3. The molecule has 1 atom stereocenters. The number of carbonyl (C=O) groups is 2. The molecule has 1 unspecified atom stereocenters. The molecule has 3 nitrogen and oxygen atoms in total. The summed E-state index contributed by atoms with van der Waals surface area (Å²) < 4.78 is 73.1. The molecule has 0 aromatic rings. The molecule has 0 aromatic heterocycles. The summed E-state index contributed by atoms with van der Waals surface area (Å²) in [4.78, 5) is 21.8. The number of alkyl halides is 6. The summed E-state index contributed by atoms with van der Waals surface area (Å²) in [5.74, 6) is -1.59. The monoisotopic (exact) mass is 352 g/mol. The summed E-state index contributed by atoms with van der Waals surface area (Å²) in [6, 6.07) is 0. The SMILES string of the molecule is CC(C)(C)OC(=O)CC(C=O)CCC(F)(F)F.CCC(F)(F)F. The fraction of sp³-hybridized carbons (Fsp3) is 0.857. The van der Waals surface area contributed by atoms with Crippen molar-refractivity contribution in [1.82, 2.24) is 0 Å². The molecule has 0 amide bonds. The second kappa shape index (κ2) is 9.77. The second-order valence-electron chi connectivity index (χ2n) is 5.81. The quantitative estimate of drug-likeness (QED) is 0.404. The van der Waals surface area contributed by atoms with E-state index in [9.17, 15) is 35.9 Å². The molecule has 0 spiro atoms. The predicted molar refractivity (Wildman–Crippen MR) is 71.7 cm³/mol. The van der Waals surface area contributed by atoms with Crippen LogP contribution in [0.5, 0.6) is 0 Å². The zero-order valence-corrected chi connectivity index (χ0v) is 13.5. The van der Waals surface area contributed by atoms with Crippen LogP contribution in [0.2, 0.25) is 0 Å². The highest BCUT2D eigenvalue weighted by Crippen LogP contribution is 2.25. The van der Waals surface area contributed by atoms with E-state index in [1.54, 1.807) is 20.8 Å². The third-order valence-electron chi connectivity index (χ3n) is 2.24. The highest BCUT2D eigenvalue weighted by Gasteiger charge is 2.29. The number of rotatable bonds is 5.